The SMILES string of the molecule is CCCCC/C=C\C/C=C\CCCCCCCCCCCC(=O)OCCCCCCCCCCCCCC/C=C\CCCCCCCCCCCCCC(=O)NC(CO)C(O)/C=C/CCCCCCCCCCCCCCCCCCC. The quantitative estimate of drug-likeness (QED) is 0.0320. The summed E-state index contributed by atoms with van der Waals surface area (Å²) < 4.78 is 5.51. The molecule has 0 rings (SSSR count). The van der Waals surface area contributed by atoms with Gasteiger partial charge in [-0.1, -0.05) is 345 Å². The molecule has 0 aliphatic carbocycles. The zero-order chi connectivity index (χ0) is 59.2. The van der Waals surface area contributed by atoms with Gasteiger partial charge >= 0.3 is 5.97 Å². The van der Waals surface area contributed by atoms with Crippen molar-refractivity contribution in [3.63, 3.8) is 0 Å². The summed E-state index contributed by atoms with van der Waals surface area (Å²) in [5, 5.41) is 23.2. The molecule has 0 aromatic rings. The number of rotatable bonds is 69. The molecule has 0 saturated heterocycles. The summed E-state index contributed by atoms with van der Waals surface area (Å²) in [4.78, 5) is 24.6. The van der Waals surface area contributed by atoms with E-state index in [0.29, 0.717) is 19.4 Å². The number of nitrogens with one attached hydrogen (secondary N) is 1. The van der Waals surface area contributed by atoms with Crippen LogP contribution in [0, 0.1) is 0 Å². The monoisotopic (exact) mass is 1150 g/mol. The number of carbonyl (C=O) groups excluding carboxylic acids is 2. The third kappa shape index (κ3) is 67.0. The second kappa shape index (κ2) is 71.3. The Balaban J connectivity index is 3.40. The standard InChI is InChI=1S/C76H143NO5/c1-3-5-7-9-11-13-15-17-19-21-32-36-40-44-48-52-56-60-64-68-74(79)73(72-78)77-75(80)69-65-61-57-53-49-45-41-37-34-30-28-26-24-23-25-27-29-31-35-39-43-47-51-55-59-63-67-71-82-76(81)70-66-62-58-54-50-46-42-38-33-22-20-18-16-14-12-10-8-6-4-2/h12,14,18,20,23-24,64,68,73-74,78-79H,3-11,13,15-17,19,21-22,25-63,65-67,69-72H2,1-2H3,(H,77,80)/b14-12-,20-18-,24-23-,68-64+. The molecule has 0 bridgehead atoms. The van der Waals surface area contributed by atoms with Gasteiger partial charge in [-0.15, -0.1) is 0 Å². The van der Waals surface area contributed by atoms with Crippen LogP contribution < -0.4 is 5.32 Å². The van der Waals surface area contributed by atoms with E-state index < -0.39 is 12.1 Å². The summed E-state index contributed by atoms with van der Waals surface area (Å²) in [5.74, 6) is -0.0545. The highest BCUT2D eigenvalue weighted by Gasteiger charge is 2.18. The minimum Gasteiger partial charge on any atom is -0.466 e. The molecular formula is C76H143NO5. The Kier molecular flexibility index (Phi) is 69.4. The molecule has 0 spiro atoms. The number of ether oxygens (including phenoxy) is 1. The number of amides is 1. The molecular weight excluding hydrogens is 1010 g/mol. The Morgan fingerprint density at radius 1 is 0.341 bits per heavy atom. The van der Waals surface area contributed by atoms with Gasteiger partial charge in [0.05, 0.1) is 25.4 Å². The van der Waals surface area contributed by atoms with Crippen molar-refractivity contribution in [1.29, 1.82) is 0 Å². The minimum absolute atomic E-state index is 0.0113. The van der Waals surface area contributed by atoms with Crippen LogP contribution in [0.15, 0.2) is 48.6 Å². The van der Waals surface area contributed by atoms with E-state index in [-0.39, 0.29) is 18.5 Å². The van der Waals surface area contributed by atoms with Crippen molar-refractivity contribution >= 4 is 11.9 Å². The molecule has 0 radical (unpaired) electrons. The van der Waals surface area contributed by atoms with Gasteiger partial charge in [0.15, 0.2) is 0 Å². The summed E-state index contributed by atoms with van der Waals surface area (Å²) in [6, 6.07) is -0.630. The van der Waals surface area contributed by atoms with Crippen LogP contribution in [-0.2, 0) is 14.3 Å². The Labute approximate surface area is 512 Å². The Bertz CT molecular complexity index is 1370. The molecule has 1 amide bonds. The van der Waals surface area contributed by atoms with Crippen molar-refractivity contribution < 1.29 is 24.5 Å². The molecule has 0 saturated carbocycles. The maximum absolute atomic E-state index is 12.5. The van der Waals surface area contributed by atoms with E-state index in [2.05, 4.69) is 55.6 Å². The van der Waals surface area contributed by atoms with Crippen molar-refractivity contribution in [3.8, 4) is 0 Å². The zero-order valence-electron chi connectivity index (χ0n) is 55.2. The van der Waals surface area contributed by atoms with E-state index in [1.54, 1.807) is 6.08 Å². The predicted molar refractivity (Wildman–Crippen MR) is 361 cm³/mol. The van der Waals surface area contributed by atoms with Gasteiger partial charge < -0.3 is 20.3 Å². The van der Waals surface area contributed by atoms with Crippen molar-refractivity contribution in [2.45, 2.75) is 411 Å². The smallest absolute Gasteiger partial charge is 0.305 e. The first-order valence-corrected chi connectivity index (χ1v) is 36.9. The zero-order valence-corrected chi connectivity index (χ0v) is 55.2. The summed E-state index contributed by atoms with van der Waals surface area (Å²) in [6.45, 7) is 4.91. The fourth-order valence-electron chi connectivity index (χ4n) is 11.4. The molecule has 82 heavy (non-hydrogen) atoms. The lowest BCUT2D eigenvalue weighted by atomic mass is 10.0. The maximum Gasteiger partial charge on any atom is 0.305 e. The first-order valence-electron chi connectivity index (χ1n) is 36.9. The van der Waals surface area contributed by atoms with Gasteiger partial charge in [0.2, 0.25) is 5.91 Å². The molecule has 0 aliphatic heterocycles. The molecule has 0 aromatic heterocycles. The fraction of sp³-hybridized carbons (Fsp3) is 0.868. The summed E-state index contributed by atoms with van der Waals surface area (Å²) >= 11 is 0. The summed E-state index contributed by atoms with van der Waals surface area (Å²) in [6.07, 6.45) is 93.4. The Morgan fingerprint density at radius 3 is 0.963 bits per heavy atom. The van der Waals surface area contributed by atoms with Gasteiger partial charge in [0, 0.05) is 12.8 Å². The highest BCUT2D eigenvalue weighted by atomic mass is 16.5. The number of esters is 1. The first-order chi connectivity index (χ1) is 40.5. The van der Waals surface area contributed by atoms with Gasteiger partial charge in [-0.3, -0.25) is 9.59 Å². The van der Waals surface area contributed by atoms with E-state index in [4.69, 9.17) is 4.74 Å². The predicted octanol–water partition coefficient (Wildman–Crippen LogP) is 24.0. The molecule has 2 atom stereocenters. The van der Waals surface area contributed by atoms with Gasteiger partial charge in [0.1, 0.15) is 0 Å². The van der Waals surface area contributed by atoms with Crippen molar-refractivity contribution in [1.82, 2.24) is 5.32 Å². The first kappa shape index (κ1) is 79.8. The summed E-state index contributed by atoms with van der Waals surface area (Å²) in [7, 11) is 0. The van der Waals surface area contributed by atoms with Gasteiger partial charge in [0.25, 0.3) is 0 Å². The number of hydrogen-bond donors (Lipinski definition) is 3. The van der Waals surface area contributed by atoms with Crippen LogP contribution in [0.4, 0.5) is 0 Å². The van der Waals surface area contributed by atoms with Gasteiger partial charge in [-0.2, -0.15) is 0 Å². The van der Waals surface area contributed by atoms with E-state index in [1.807, 2.05) is 6.08 Å². The van der Waals surface area contributed by atoms with Crippen molar-refractivity contribution in [2.75, 3.05) is 13.2 Å². The minimum atomic E-state index is -0.846. The lowest BCUT2D eigenvalue weighted by Gasteiger charge is -2.20. The maximum atomic E-state index is 12.5. The Hall–Kier alpha value is -2.18. The van der Waals surface area contributed by atoms with Crippen LogP contribution in [0.5, 0.6) is 0 Å². The van der Waals surface area contributed by atoms with Crippen LogP contribution >= 0.6 is 0 Å². The van der Waals surface area contributed by atoms with Gasteiger partial charge in [-0.25, -0.2) is 0 Å². The molecule has 0 aliphatic rings. The molecule has 0 fully saturated rings. The molecule has 2 unspecified atom stereocenters. The van der Waals surface area contributed by atoms with Crippen molar-refractivity contribution in [3.05, 3.63) is 48.6 Å². The van der Waals surface area contributed by atoms with Gasteiger partial charge in [-0.05, 0) is 89.9 Å². The van der Waals surface area contributed by atoms with E-state index in [1.165, 1.54) is 321 Å². The van der Waals surface area contributed by atoms with Crippen LogP contribution in [0.1, 0.15) is 399 Å². The normalized spacial score (nSPS) is 12.8. The number of aliphatic hydroxyl groups is 2. The molecule has 0 heterocycles. The number of hydrogen-bond acceptors (Lipinski definition) is 5. The summed E-state index contributed by atoms with van der Waals surface area (Å²) in [5.41, 5.74) is 0. The van der Waals surface area contributed by atoms with Crippen molar-refractivity contribution in [2.24, 2.45) is 0 Å². The van der Waals surface area contributed by atoms with Crippen LogP contribution in [0.25, 0.3) is 0 Å². The molecule has 6 heteroatoms. The van der Waals surface area contributed by atoms with Crippen LogP contribution in [-0.4, -0.2) is 47.4 Å². The molecule has 0 aromatic carbocycles. The molecule has 482 valence electrons. The Morgan fingerprint density at radius 2 is 0.610 bits per heavy atom. The number of carbonyl (C=O) groups is 2. The average molecular weight is 1150 g/mol. The lowest BCUT2D eigenvalue weighted by Crippen LogP contribution is -2.45. The third-order valence-corrected chi connectivity index (χ3v) is 17.1. The number of aliphatic hydroxyl groups excluding tert-OH is 2. The lowest BCUT2D eigenvalue weighted by molar-refractivity contribution is -0.143. The third-order valence-electron chi connectivity index (χ3n) is 17.1. The second-order valence-corrected chi connectivity index (χ2v) is 25.3. The van der Waals surface area contributed by atoms with Crippen LogP contribution in [0.3, 0.4) is 0 Å². The number of allylic oxidation sites excluding steroid dienone is 7. The second-order valence-electron chi connectivity index (χ2n) is 25.3. The van der Waals surface area contributed by atoms with E-state index in [0.717, 1.165) is 51.4 Å². The fourth-order valence-corrected chi connectivity index (χ4v) is 11.4. The van der Waals surface area contributed by atoms with Crippen LogP contribution in [0.2, 0.25) is 0 Å². The highest BCUT2D eigenvalue weighted by molar-refractivity contribution is 5.76. The molecule has 6 nitrogen and oxygen atoms in total. The topological polar surface area (TPSA) is 95.9 Å². The van der Waals surface area contributed by atoms with E-state index >= 15 is 0 Å². The average Bonchev–Trinajstić information content (AvgIpc) is 3.48. The van der Waals surface area contributed by atoms with E-state index in [9.17, 15) is 19.8 Å². The highest BCUT2D eigenvalue weighted by Crippen LogP contribution is 2.18. The number of unbranched alkanes of at least 4 members (excludes halogenated alkanes) is 52. The molecule has 3 N–H and O–H groups in total. The largest absolute Gasteiger partial charge is 0.466 e.